The molecule has 0 aliphatic carbocycles. The number of nitrogens with zero attached hydrogens (tertiary/aromatic N) is 3. The molecule has 184 valence electrons. The molecule has 0 bridgehead atoms. The van der Waals surface area contributed by atoms with E-state index in [1.807, 2.05) is 54.0 Å². The lowest BCUT2D eigenvalue weighted by molar-refractivity contribution is 0.0368. The third-order valence-electron chi connectivity index (χ3n) is 6.39. The normalized spacial score (nSPS) is 14.6. The predicted molar refractivity (Wildman–Crippen MR) is 147 cm³/mol. The molecular weight excluding hydrogens is 492 g/mol. The van der Waals surface area contributed by atoms with Gasteiger partial charge in [-0.1, -0.05) is 23.5 Å². The number of ether oxygens (including phenoxy) is 2. The fourth-order valence-electron chi connectivity index (χ4n) is 4.44. The maximum absolute atomic E-state index is 12.9. The Morgan fingerprint density at radius 2 is 1.92 bits per heavy atom. The number of nitrogens with one attached hydrogen (secondary N) is 1. The number of aromatic nitrogens is 2. The highest BCUT2D eigenvalue weighted by Crippen LogP contribution is 2.33. The van der Waals surface area contributed by atoms with Crippen LogP contribution in [0.5, 0.6) is 5.75 Å². The van der Waals surface area contributed by atoms with Crippen molar-refractivity contribution in [1.29, 1.82) is 0 Å². The summed E-state index contributed by atoms with van der Waals surface area (Å²) in [7, 11) is 0. The highest BCUT2D eigenvalue weighted by atomic mass is 32.1. The molecule has 1 saturated heterocycles. The molecule has 5 aromatic rings. The fraction of sp³-hybridized carbons (Fsp3) is 0.296. The average molecular weight is 519 g/mol. The average Bonchev–Trinajstić information content (AvgIpc) is 3.55. The van der Waals surface area contributed by atoms with Crippen LogP contribution in [-0.4, -0.2) is 60.2 Å². The maximum Gasteiger partial charge on any atom is 0.257 e. The minimum absolute atomic E-state index is 0.175. The molecule has 9 heteroatoms. The van der Waals surface area contributed by atoms with E-state index in [9.17, 15) is 4.79 Å². The third-order valence-corrected chi connectivity index (χ3v) is 8.18. The van der Waals surface area contributed by atoms with Crippen molar-refractivity contribution in [3.05, 3.63) is 59.6 Å². The summed E-state index contributed by atoms with van der Waals surface area (Å²) in [6.07, 6.45) is 2.14. The lowest BCUT2D eigenvalue weighted by Crippen LogP contribution is -2.36. The first-order valence-corrected chi connectivity index (χ1v) is 13.8. The van der Waals surface area contributed by atoms with E-state index in [1.165, 1.54) is 11.3 Å². The van der Waals surface area contributed by atoms with Crippen LogP contribution in [0.25, 0.3) is 31.2 Å². The van der Waals surface area contributed by atoms with Crippen LogP contribution in [0.3, 0.4) is 0 Å². The topological polar surface area (TPSA) is 76.6 Å². The molecule has 36 heavy (non-hydrogen) atoms. The Balaban J connectivity index is 1.07. The molecule has 1 amide bonds. The molecular formula is C27H26N4O3S2. The lowest BCUT2D eigenvalue weighted by atomic mass is 10.1. The molecule has 1 fully saturated rings. The second-order valence-corrected chi connectivity index (χ2v) is 10.7. The summed E-state index contributed by atoms with van der Waals surface area (Å²) in [6.45, 7) is 5.54. The van der Waals surface area contributed by atoms with E-state index in [-0.39, 0.29) is 5.91 Å². The molecule has 7 nitrogen and oxygen atoms in total. The van der Waals surface area contributed by atoms with Crippen molar-refractivity contribution in [2.24, 2.45) is 0 Å². The van der Waals surface area contributed by atoms with Crippen molar-refractivity contribution in [2.45, 2.75) is 12.8 Å². The minimum atomic E-state index is -0.175. The lowest BCUT2D eigenvalue weighted by Gasteiger charge is -2.26. The number of carbonyl (C=O) groups excluding carboxylic acids is 1. The number of fused-ring (bicyclic) bond motifs is 4. The summed E-state index contributed by atoms with van der Waals surface area (Å²) in [5.74, 6) is 0.681. The first kappa shape index (κ1) is 23.3. The number of amides is 1. The van der Waals surface area contributed by atoms with Crippen LogP contribution in [0.4, 0.5) is 5.13 Å². The zero-order valence-electron chi connectivity index (χ0n) is 19.7. The maximum atomic E-state index is 12.9. The van der Waals surface area contributed by atoms with E-state index in [2.05, 4.69) is 20.2 Å². The summed E-state index contributed by atoms with van der Waals surface area (Å²) in [4.78, 5) is 24.4. The van der Waals surface area contributed by atoms with Crippen LogP contribution in [0.2, 0.25) is 0 Å². The monoisotopic (exact) mass is 518 g/mol. The molecule has 2 aromatic heterocycles. The molecule has 3 heterocycles. The van der Waals surface area contributed by atoms with Crippen LogP contribution in [0.1, 0.15) is 23.2 Å². The second-order valence-electron chi connectivity index (χ2n) is 8.82. The summed E-state index contributed by atoms with van der Waals surface area (Å²) < 4.78 is 13.5. The van der Waals surface area contributed by atoms with Gasteiger partial charge in [0.25, 0.3) is 5.91 Å². The first-order chi connectivity index (χ1) is 17.7. The molecule has 1 aliphatic heterocycles. The van der Waals surface area contributed by atoms with E-state index in [0.29, 0.717) is 17.3 Å². The molecule has 0 spiro atoms. The number of rotatable bonds is 8. The van der Waals surface area contributed by atoms with Gasteiger partial charge in [0.2, 0.25) is 0 Å². The SMILES string of the molecule is O=C(Nc1nc2ccc3scnc3c2s1)c1ccc2cc(OCCCCN3CCOCC3)ccc2c1. The minimum Gasteiger partial charge on any atom is -0.494 e. The molecule has 6 rings (SSSR count). The van der Waals surface area contributed by atoms with Crippen LogP contribution < -0.4 is 10.1 Å². The van der Waals surface area contributed by atoms with Gasteiger partial charge in [0.15, 0.2) is 5.13 Å². The van der Waals surface area contributed by atoms with Gasteiger partial charge in [0.05, 0.1) is 40.2 Å². The zero-order valence-corrected chi connectivity index (χ0v) is 21.4. The van der Waals surface area contributed by atoms with Crippen molar-refractivity contribution >= 4 is 64.9 Å². The van der Waals surface area contributed by atoms with Gasteiger partial charge in [-0.15, -0.1) is 11.3 Å². The van der Waals surface area contributed by atoms with Crippen molar-refractivity contribution in [3.8, 4) is 5.75 Å². The third kappa shape index (κ3) is 5.05. The Labute approximate surface area is 216 Å². The number of thiazole rings is 2. The molecule has 0 unspecified atom stereocenters. The van der Waals surface area contributed by atoms with E-state index in [0.717, 1.165) is 82.6 Å². The van der Waals surface area contributed by atoms with Crippen molar-refractivity contribution < 1.29 is 14.3 Å². The van der Waals surface area contributed by atoms with Crippen molar-refractivity contribution in [2.75, 3.05) is 44.8 Å². The fourth-order valence-corrected chi connectivity index (χ4v) is 6.15. The number of hydrogen-bond acceptors (Lipinski definition) is 8. The first-order valence-electron chi connectivity index (χ1n) is 12.1. The number of hydrogen-bond donors (Lipinski definition) is 1. The summed E-state index contributed by atoms with van der Waals surface area (Å²) in [6, 6.07) is 15.7. The van der Waals surface area contributed by atoms with Gasteiger partial charge in [-0.2, -0.15) is 0 Å². The Hall–Kier alpha value is -3.11. The van der Waals surface area contributed by atoms with Crippen LogP contribution >= 0.6 is 22.7 Å². The predicted octanol–water partition coefficient (Wildman–Crippen LogP) is 5.80. The largest absolute Gasteiger partial charge is 0.494 e. The molecule has 0 atom stereocenters. The second kappa shape index (κ2) is 10.5. The van der Waals surface area contributed by atoms with Gasteiger partial charge in [0, 0.05) is 18.7 Å². The number of benzene rings is 3. The van der Waals surface area contributed by atoms with Gasteiger partial charge < -0.3 is 9.47 Å². The Morgan fingerprint density at radius 1 is 1.06 bits per heavy atom. The van der Waals surface area contributed by atoms with Gasteiger partial charge in [-0.25, -0.2) is 9.97 Å². The molecule has 1 aliphatic rings. The van der Waals surface area contributed by atoms with Crippen molar-refractivity contribution in [1.82, 2.24) is 14.9 Å². The van der Waals surface area contributed by atoms with E-state index < -0.39 is 0 Å². The van der Waals surface area contributed by atoms with E-state index in [1.54, 1.807) is 11.3 Å². The number of carbonyl (C=O) groups is 1. The van der Waals surface area contributed by atoms with Gasteiger partial charge in [0.1, 0.15) is 11.3 Å². The Kier molecular flexibility index (Phi) is 6.78. The summed E-state index contributed by atoms with van der Waals surface area (Å²) >= 11 is 3.06. The highest BCUT2D eigenvalue weighted by molar-refractivity contribution is 7.24. The summed E-state index contributed by atoms with van der Waals surface area (Å²) in [5, 5.41) is 5.57. The number of unbranched alkanes of at least 4 members (excludes halogenated alkanes) is 1. The Bertz CT molecular complexity index is 1520. The van der Waals surface area contributed by atoms with E-state index in [4.69, 9.17) is 9.47 Å². The van der Waals surface area contributed by atoms with Crippen LogP contribution in [0.15, 0.2) is 54.0 Å². The van der Waals surface area contributed by atoms with Gasteiger partial charge in [-0.3, -0.25) is 15.0 Å². The number of morpholine rings is 1. The molecule has 0 radical (unpaired) electrons. The van der Waals surface area contributed by atoms with E-state index >= 15 is 0 Å². The van der Waals surface area contributed by atoms with Gasteiger partial charge in [-0.05, 0) is 66.6 Å². The quantitative estimate of drug-likeness (QED) is 0.262. The molecule has 3 aromatic carbocycles. The van der Waals surface area contributed by atoms with Crippen molar-refractivity contribution in [3.63, 3.8) is 0 Å². The zero-order chi connectivity index (χ0) is 24.3. The Morgan fingerprint density at radius 3 is 2.83 bits per heavy atom. The standard InChI is InChI=1S/C27H26N4O3S2/c32-26(30-27-29-22-7-8-23-24(25(22)36-27)28-17-35-23)20-4-3-19-16-21(6-5-18(19)15-20)34-12-2-1-9-31-10-13-33-14-11-31/h3-8,15-17H,1-2,9-14H2,(H,29,30,32). The highest BCUT2D eigenvalue weighted by Gasteiger charge is 2.14. The smallest absolute Gasteiger partial charge is 0.257 e. The number of anilines is 1. The molecule has 0 saturated carbocycles. The summed E-state index contributed by atoms with van der Waals surface area (Å²) in [5.41, 5.74) is 4.22. The van der Waals surface area contributed by atoms with Crippen LogP contribution in [-0.2, 0) is 4.74 Å². The van der Waals surface area contributed by atoms with Gasteiger partial charge >= 0.3 is 0 Å². The van der Waals surface area contributed by atoms with Crippen LogP contribution in [0, 0.1) is 0 Å². The molecule has 1 N–H and O–H groups in total.